The van der Waals surface area contributed by atoms with Gasteiger partial charge in [-0.15, -0.1) is 12.8 Å². The van der Waals surface area contributed by atoms with Crippen LogP contribution in [0.25, 0.3) is 0 Å². The summed E-state index contributed by atoms with van der Waals surface area (Å²) in [4.78, 5) is 30.6. The third-order valence-electron chi connectivity index (χ3n) is 15.0. The van der Waals surface area contributed by atoms with Gasteiger partial charge in [-0.3, -0.25) is 30.0 Å². The van der Waals surface area contributed by atoms with Gasteiger partial charge in [0.25, 0.3) is 0 Å². The van der Waals surface area contributed by atoms with Gasteiger partial charge < -0.3 is 15.3 Å². The van der Waals surface area contributed by atoms with Crippen molar-refractivity contribution < 1.29 is 15.3 Å². The van der Waals surface area contributed by atoms with Crippen LogP contribution in [0.2, 0.25) is 0 Å². The van der Waals surface area contributed by atoms with Gasteiger partial charge in [-0.05, 0) is 200 Å². The van der Waals surface area contributed by atoms with Crippen LogP contribution < -0.4 is 0 Å². The molecule has 3 aromatic carbocycles. The number of fused-ring (bicyclic) bond motifs is 9. The second-order valence-corrected chi connectivity index (χ2v) is 21.3. The van der Waals surface area contributed by atoms with E-state index in [-0.39, 0.29) is 53.5 Å². The molecule has 3 fully saturated rings. The number of rotatable bonds is 8. The van der Waals surface area contributed by atoms with E-state index in [2.05, 4.69) is 149 Å². The van der Waals surface area contributed by atoms with Crippen LogP contribution >= 0.6 is 0 Å². The molecule has 428 valence electrons. The second-order valence-electron chi connectivity index (χ2n) is 21.3. The number of phenols is 3. The lowest BCUT2D eigenvalue weighted by Gasteiger charge is -2.26. The lowest BCUT2D eigenvalue weighted by molar-refractivity contribution is 0.389. The monoisotopic (exact) mass is 1140 g/mol. The maximum absolute atomic E-state index is 12.0. The summed E-state index contributed by atoms with van der Waals surface area (Å²) in [5, 5.41) is 36.0. The Balaban J connectivity index is 1.31. The van der Waals surface area contributed by atoms with Crippen molar-refractivity contribution in [2.75, 3.05) is 0 Å². The molecule has 0 saturated heterocycles. The molecule has 1 aliphatic heterocycles. The number of aromatic hydroxyl groups is 3. The predicted octanol–water partition coefficient (Wildman–Crippen LogP) is 11.5. The van der Waals surface area contributed by atoms with E-state index in [1.807, 2.05) is 12.1 Å². The molecular weight excluding hydrogens is 1070 g/mol. The molecule has 0 amide bonds. The summed E-state index contributed by atoms with van der Waals surface area (Å²) < 4.78 is 0. The van der Waals surface area contributed by atoms with Crippen molar-refractivity contribution in [2.24, 2.45) is 30.0 Å². The number of aliphatic imine (C=N–C) groups is 6. The van der Waals surface area contributed by atoms with E-state index < -0.39 is 0 Å². The number of unbranched alkanes of at least 4 members (excludes halogenated alkanes) is 8. The average molecular weight is 1140 g/mol. The van der Waals surface area contributed by atoms with Crippen LogP contribution in [0.1, 0.15) is 192 Å². The van der Waals surface area contributed by atoms with Gasteiger partial charge in [-0.25, -0.2) is 0 Å². The van der Waals surface area contributed by atoms with Crippen LogP contribution in [0, 0.1) is 155 Å². The molecule has 3 N–H and O–H groups in total. The summed E-state index contributed by atoms with van der Waals surface area (Å²) >= 11 is 0. The fourth-order valence-electron chi connectivity index (χ4n) is 10.5. The summed E-state index contributed by atoms with van der Waals surface area (Å²) in [6, 6.07) is 9.61. The third-order valence-corrected chi connectivity index (χ3v) is 15.0. The molecule has 6 bridgehead atoms. The Bertz CT molecular complexity index is 3780. The van der Waals surface area contributed by atoms with Gasteiger partial charge in [0.05, 0.1) is 36.3 Å². The van der Waals surface area contributed by atoms with E-state index >= 15 is 0 Å². The number of phenolic OH excluding ortho intramolecular Hbond substituents is 3. The molecule has 0 spiro atoms. The normalized spacial score (nSPS) is 18.5. The van der Waals surface area contributed by atoms with Crippen LogP contribution in [0.15, 0.2) is 66.4 Å². The van der Waals surface area contributed by atoms with Gasteiger partial charge >= 0.3 is 0 Å². The van der Waals surface area contributed by atoms with Crippen molar-refractivity contribution >= 4 is 37.3 Å². The maximum atomic E-state index is 12.0. The van der Waals surface area contributed by atoms with E-state index in [0.717, 1.165) is 102 Å². The molecule has 7 rings (SSSR count). The second kappa shape index (κ2) is 36.8. The standard InChI is InChI=1S/C78H68N6O3/c1-4-7-10-13-16-19-22-25-28-31-40-61-49-64-55-79-70-43-34-36-45-72(70)81-57-66-51-62(41-32-29-26-23-20-17-14-11-8-5-2)53-68(77(66)86)59-83-74-47-38-39-48-75(74)84-60-69-54-63(42-33-30-27-24-21-18-15-12-9-6-3)52-67(78(69)87)58-82-73-46-37-35-44-71(73)80-56-65(50-61)76(64)85/h1-2,49-60,70-75,85-87H,6,9,12,15,18,21,24,27,30,34-39,43-48H2,3H3. The summed E-state index contributed by atoms with van der Waals surface area (Å²) in [5.41, 5.74) is 4.79. The molecule has 1 heterocycles. The highest BCUT2D eigenvalue weighted by Crippen LogP contribution is 2.32. The Kier molecular flexibility index (Phi) is 27.1. The maximum Gasteiger partial charge on any atom is 0.133 e. The molecule has 6 unspecified atom stereocenters. The van der Waals surface area contributed by atoms with Gasteiger partial charge in [0.2, 0.25) is 0 Å². The number of hydrogen-bond donors (Lipinski definition) is 3. The first-order chi connectivity index (χ1) is 42.8. The zero-order chi connectivity index (χ0) is 60.9. The van der Waals surface area contributed by atoms with E-state index in [0.29, 0.717) is 44.5 Å². The number of nitrogens with zero attached hydrogens (tertiary/aromatic N) is 6. The number of benzene rings is 3. The highest BCUT2D eigenvalue weighted by atomic mass is 16.3. The number of hydrogen-bond acceptors (Lipinski definition) is 9. The summed E-state index contributed by atoms with van der Waals surface area (Å²) in [7, 11) is 0. The van der Waals surface area contributed by atoms with Crippen molar-refractivity contribution in [1.82, 2.24) is 0 Å². The molecule has 3 aliphatic carbocycles. The number of terminal acetylenes is 2. The molecule has 0 radical (unpaired) electrons. The molecule has 3 aromatic rings. The molecule has 87 heavy (non-hydrogen) atoms. The SMILES string of the molecule is C#CC#CC#CC#CC#CC#Cc1cc2c(O)c(c1)C=NC1CCCCC1N=Cc1cc(C#CCCCCCCCCCC)cc(c1O)C=NC1CCCCC1N=Cc1cc(C#CC#CC#CC#CC#CC#C)cc(c1O)C=NC1CCCCC1N=C2. The smallest absolute Gasteiger partial charge is 0.133 e. The summed E-state index contributed by atoms with van der Waals surface area (Å²) in [5.74, 6) is 64.6. The van der Waals surface area contributed by atoms with Crippen LogP contribution in [0.5, 0.6) is 17.2 Å². The Morgan fingerprint density at radius 3 is 0.851 bits per heavy atom. The third kappa shape index (κ3) is 21.8. The van der Waals surface area contributed by atoms with Crippen molar-refractivity contribution in [3.8, 4) is 172 Å². The van der Waals surface area contributed by atoms with Crippen molar-refractivity contribution in [2.45, 2.75) is 178 Å². The van der Waals surface area contributed by atoms with Crippen molar-refractivity contribution in [1.29, 1.82) is 0 Å². The van der Waals surface area contributed by atoms with E-state index in [1.165, 1.54) is 38.5 Å². The van der Waals surface area contributed by atoms with Crippen LogP contribution in [-0.4, -0.2) is 88.9 Å². The summed E-state index contributed by atoms with van der Waals surface area (Å²) in [6.07, 6.45) is 41.6. The Hall–Kier alpha value is -10.6. The fourth-order valence-corrected chi connectivity index (χ4v) is 10.5. The Morgan fingerprint density at radius 2 is 0.575 bits per heavy atom. The van der Waals surface area contributed by atoms with E-state index in [9.17, 15) is 15.3 Å². The first kappa shape index (κ1) is 63.9. The molecular formula is C78H68N6O3. The molecule has 9 heteroatoms. The highest BCUT2D eigenvalue weighted by Gasteiger charge is 2.27. The van der Waals surface area contributed by atoms with Gasteiger partial charge in [-0.1, -0.05) is 114 Å². The molecule has 9 nitrogen and oxygen atoms in total. The lowest BCUT2D eigenvalue weighted by Crippen LogP contribution is -2.27. The van der Waals surface area contributed by atoms with Crippen LogP contribution in [-0.2, 0) is 0 Å². The van der Waals surface area contributed by atoms with Gasteiger partial charge in [0, 0.05) is 93.8 Å². The highest BCUT2D eigenvalue weighted by molar-refractivity contribution is 5.95. The molecule has 4 aliphatic rings. The Labute approximate surface area is 516 Å². The first-order valence-electron chi connectivity index (χ1n) is 30.1. The zero-order valence-electron chi connectivity index (χ0n) is 49.4. The fraction of sp³-hybridized carbons (Fsp3) is 0.359. The molecule has 6 atom stereocenters. The Morgan fingerprint density at radius 1 is 0.333 bits per heavy atom. The van der Waals surface area contributed by atoms with Crippen LogP contribution in [0.3, 0.4) is 0 Å². The molecule has 0 aromatic heterocycles. The van der Waals surface area contributed by atoms with Gasteiger partial charge in [0.15, 0.2) is 0 Å². The van der Waals surface area contributed by atoms with E-state index in [1.54, 1.807) is 61.6 Å². The lowest BCUT2D eigenvalue weighted by atomic mass is 9.91. The first-order valence-corrected chi connectivity index (χ1v) is 30.1. The molecule has 3 saturated carbocycles. The van der Waals surface area contributed by atoms with Crippen molar-refractivity contribution in [3.63, 3.8) is 0 Å². The zero-order valence-corrected chi connectivity index (χ0v) is 49.4. The van der Waals surface area contributed by atoms with Crippen LogP contribution in [0.4, 0.5) is 0 Å². The largest absolute Gasteiger partial charge is 0.507 e. The predicted molar refractivity (Wildman–Crippen MR) is 356 cm³/mol. The minimum atomic E-state index is -0.238. The minimum Gasteiger partial charge on any atom is -0.507 e. The van der Waals surface area contributed by atoms with Gasteiger partial charge in [-0.2, -0.15) is 0 Å². The van der Waals surface area contributed by atoms with Crippen molar-refractivity contribution in [3.05, 3.63) is 86.5 Å². The summed E-state index contributed by atoms with van der Waals surface area (Å²) in [6.45, 7) is 2.24. The van der Waals surface area contributed by atoms with Gasteiger partial charge in [0.1, 0.15) is 17.2 Å². The minimum absolute atomic E-state index is 0.00623. The topological polar surface area (TPSA) is 135 Å². The van der Waals surface area contributed by atoms with E-state index in [4.69, 9.17) is 42.8 Å². The quantitative estimate of drug-likeness (QED) is 0.153. The average Bonchev–Trinajstić information content (AvgIpc) is 3.59.